The molecule has 1 aromatic heterocycles. The van der Waals surface area contributed by atoms with Gasteiger partial charge in [0.15, 0.2) is 11.5 Å². The molecule has 0 bridgehead atoms. The van der Waals surface area contributed by atoms with E-state index in [-0.39, 0.29) is 23.9 Å². The molecule has 80 valence electrons. The number of pyridine rings is 1. The van der Waals surface area contributed by atoms with Crippen molar-refractivity contribution >= 4 is 28.3 Å². The lowest BCUT2D eigenvalue weighted by Gasteiger charge is -2.06. The van der Waals surface area contributed by atoms with Crippen LogP contribution in [-0.2, 0) is 6.61 Å². The molecule has 0 spiro atoms. The lowest BCUT2D eigenvalue weighted by molar-refractivity contribution is 0.273. The third-order valence-electron chi connectivity index (χ3n) is 1.26. The molecule has 0 aliphatic carbocycles. The van der Waals surface area contributed by atoms with E-state index in [4.69, 9.17) is 15.3 Å². The zero-order valence-corrected chi connectivity index (χ0v) is 9.30. The first-order valence-corrected chi connectivity index (χ1v) is 4.13. The van der Waals surface area contributed by atoms with Crippen LogP contribution in [0.25, 0.3) is 0 Å². The lowest BCUT2D eigenvalue weighted by atomic mass is 10.3. The molecule has 4 nitrogen and oxygen atoms in total. The third-order valence-corrected chi connectivity index (χ3v) is 1.43. The summed E-state index contributed by atoms with van der Waals surface area (Å²) in [6, 6.07) is 1.13. The Labute approximate surface area is 102 Å². The number of hydrogen-bond acceptors (Lipinski definition) is 4. The molecule has 1 aromatic rings. The molecule has 0 saturated carbocycles. The molecule has 0 radical (unpaired) electrons. The molecule has 2 N–H and O–H groups in total. The molecule has 0 atom stereocenters. The lowest BCUT2D eigenvalue weighted by Crippen LogP contribution is -1.99. The molecule has 0 aliphatic heterocycles. The van der Waals surface area contributed by atoms with Crippen molar-refractivity contribution in [3.8, 4) is 11.5 Å². The number of aliphatic hydroxyl groups excluding tert-OH is 1. The number of alkyl halides is 1. The van der Waals surface area contributed by atoms with E-state index in [0.717, 1.165) is 12.3 Å². The van der Waals surface area contributed by atoms with Gasteiger partial charge < -0.3 is 14.9 Å². The summed E-state index contributed by atoms with van der Waals surface area (Å²) in [5.41, 5.74) is 0.170. The van der Waals surface area contributed by atoms with Crippen LogP contribution in [0.4, 0.5) is 0 Å². The Balaban J connectivity index is 0.00000289. The van der Waals surface area contributed by atoms with E-state index in [2.05, 4.69) is 20.9 Å². The number of aliphatic hydroxyl groups is 1. The van der Waals surface area contributed by atoms with Gasteiger partial charge in [0.25, 0.3) is 0 Å². The van der Waals surface area contributed by atoms with Gasteiger partial charge in [-0.25, -0.2) is 0 Å². The highest BCUT2D eigenvalue weighted by atomic mass is 79.9. The second-order valence-electron chi connectivity index (χ2n) is 2.10. The highest BCUT2D eigenvalue weighted by Crippen LogP contribution is 2.24. The summed E-state index contributed by atoms with van der Waals surface area (Å²) in [7, 11) is 0. The van der Waals surface area contributed by atoms with Crippen molar-refractivity contribution in [3.63, 3.8) is 0 Å². The van der Waals surface area contributed by atoms with Gasteiger partial charge in [0.1, 0.15) is 0 Å². The molecule has 0 amide bonds. The molecular formula is C8H11BrClNO3. The maximum atomic E-state index is 9.39. The van der Waals surface area contributed by atoms with Crippen molar-refractivity contribution in [2.75, 3.05) is 11.8 Å². The number of nitrogens with zero attached hydrogens (tertiary/aromatic N) is 1. The minimum Gasteiger partial charge on any atom is -0.503 e. The number of halogens is 2. The van der Waals surface area contributed by atoms with Crippen molar-refractivity contribution in [3.05, 3.63) is 18.0 Å². The zero-order chi connectivity index (χ0) is 13.3. The van der Waals surface area contributed by atoms with E-state index in [1.165, 1.54) is 0 Å². The molecule has 6 heteroatoms. The van der Waals surface area contributed by atoms with Gasteiger partial charge >= 0.3 is 0 Å². The van der Waals surface area contributed by atoms with Crippen LogP contribution in [0, 0.1) is 0 Å². The number of aromatic hydroxyl groups is 1. The van der Waals surface area contributed by atoms with Gasteiger partial charge in [-0.15, -0.1) is 12.4 Å². The van der Waals surface area contributed by atoms with E-state index >= 15 is 0 Å². The molecule has 14 heavy (non-hydrogen) atoms. The van der Waals surface area contributed by atoms with Crippen LogP contribution in [0.15, 0.2) is 12.3 Å². The van der Waals surface area contributed by atoms with Gasteiger partial charge in [-0.2, -0.15) is 0 Å². The molecule has 0 aliphatic rings. The first-order valence-electron chi connectivity index (χ1n) is 5.34. The normalized spacial score (nSPS) is 15.6. The Hall–Kier alpha value is -0.520. The average molecular weight is 289 g/mol. The van der Waals surface area contributed by atoms with Gasteiger partial charge in [0.2, 0.25) is 0 Å². The Bertz CT molecular complexity index is 416. The minimum absolute atomic E-state index is 0. The van der Waals surface area contributed by atoms with Crippen LogP contribution in [0.2, 0.25) is 0 Å². The van der Waals surface area contributed by atoms with Crippen LogP contribution in [0.1, 0.15) is 11.2 Å². The fourth-order valence-corrected chi connectivity index (χ4v) is 0.794. The Morgan fingerprint density at radius 1 is 1.64 bits per heavy atom. The zero-order valence-electron chi connectivity index (χ0n) is 10.9. The molecule has 0 aromatic carbocycles. The van der Waals surface area contributed by atoms with Crippen LogP contribution >= 0.6 is 28.3 Å². The van der Waals surface area contributed by atoms with Crippen molar-refractivity contribution < 1.29 is 20.4 Å². The highest BCUT2D eigenvalue weighted by molar-refractivity contribution is 9.09. The Kier molecular flexibility index (Phi) is 3.79. The molecular weight excluding hydrogens is 273 g/mol. The van der Waals surface area contributed by atoms with Crippen LogP contribution in [0.5, 0.6) is 11.5 Å². The van der Waals surface area contributed by atoms with Crippen molar-refractivity contribution in [2.45, 2.75) is 6.61 Å². The van der Waals surface area contributed by atoms with E-state index in [1.807, 2.05) is 0 Å². The van der Waals surface area contributed by atoms with E-state index < -0.39 is 24.2 Å². The summed E-state index contributed by atoms with van der Waals surface area (Å²) < 4.78 is 33.9. The summed E-state index contributed by atoms with van der Waals surface area (Å²) in [6.45, 7) is -3.10. The van der Waals surface area contributed by atoms with Crippen LogP contribution in [-0.4, -0.2) is 27.0 Å². The Morgan fingerprint density at radius 2 is 2.36 bits per heavy atom. The largest absolute Gasteiger partial charge is 0.503 e. The quantitative estimate of drug-likeness (QED) is 0.824. The van der Waals surface area contributed by atoms with Crippen LogP contribution < -0.4 is 4.74 Å². The summed E-state index contributed by atoms with van der Waals surface area (Å²) >= 11 is 2.50. The smallest absolute Gasteiger partial charge is 0.176 e. The van der Waals surface area contributed by atoms with Crippen molar-refractivity contribution in [1.82, 2.24) is 4.98 Å². The second kappa shape index (κ2) is 6.86. The summed E-state index contributed by atoms with van der Waals surface area (Å²) in [4.78, 5) is 3.64. The van der Waals surface area contributed by atoms with Crippen molar-refractivity contribution in [2.24, 2.45) is 0 Å². The standard InChI is InChI=1S/C8H10BrNO3.ClH/c9-1-2-13-8-3-6(5-11)10-4-7(8)12;/h3-4,11-12H,1-2,5H2;1H/i1D2,2D2;. The predicted molar refractivity (Wildman–Crippen MR) is 58.4 cm³/mol. The molecule has 0 unspecified atom stereocenters. The van der Waals surface area contributed by atoms with E-state index in [1.54, 1.807) is 0 Å². The maximum Gasteiger partial charge on any atom is 0.176 e. The predicted octanol–water partition coefficient (Wildman–Crippen LogP) is 1.47. The number of rotatable bonds is 4. The first kappa shape index (κ1) is 7.73. The fraction of sp³-hybridized carbons (Fsp3) is 0.375. The maximum absolute atomic E-state index is 9.39. The van der Waals surface area contributed by atoms with Gasteiger partial charge in [-0.05, 0) is 0 Å². The Morgan fingerprint density at radius 3 is 2.93 bits per heavy atom. The van der Waals surface area contributed by atoms with E-state index in [0.29, 0.717) is 0 Å². The topological polar surface area (TPSA) is 62.6 Å². The highest BCUT2D eigenvalue weighted by Gasteiger charge is 2.03. The average Bonchev–Trinajstić information content (AvgIpc) is 2.19. The minimum atomic E-state index is -2.70. The first-order chi connectivity index (χ1) is 7.67. The van der Waals surface area contributed by atoms with Gasteiger partial charge in [-0.3, -0.25) is 4.98 Å². The van der Waals surface area contributed by atoms with Gasteiger partial charge in [0, 0.05) is 14.1 Å². The summed E-state index contributed by atoms with van der Waals surface area (Å²) in [5.74, 6) is -0.736. The molecule has 1 rings (SSSR count). The number of hydrogen-bond donors (Lipinski definition) is 2. The monoisotopic (exact) mass is 287 g/mol. The number of ether oxygens (including phenoxy) is 1. The molecule has 1 heterocycles. The fourth-order valence-electron chi connectivity index (χ4n) is 0.713. The number of aromatic nitrogens is 1. The summed E-state index contributed by atoms with van der Waals surface area (Å²) in [5, 5.41) is 15.8. The van der Waals surface area contributed by atoms with Crippen LogP contribution in [0.3, 0.4) is 0 Å². The third kappa shape index (κ3) is 3.69. The summed E-state index contributed by atoms with van der Waals surface area (Å²) in [6.07, 6.45) is 0.987. The SMILES string of the molecule is Cl.[2H]C([2H])(Br)C([2H])([2H])Oc1cc(CO)ncc1O. The van der Waals surface area contributed by atoms with Crippen molar-refractivity contribution in [1.29, 1.82) is 0 Å². The van der Waals surface area contributed by atoms with Gasteiger partial charge in [0.05, 0.1) is 27.8 Å². The van der Waals surface area contributed by atoms with E-state index in [9.17, 15) is 5.11 Å². The van der Waals surface area contributed by atoms with Gasteiger partial charge in [-0.1, -0.05) is 15.9 Å². The molecule has 0 saturated heterocycles. The second-order valence-corrected chi connectivity index (χ2v) is 2.50. The molecule has 0 fully saturated rings.